The van der Waals surface area contributed by atoms with Gasteiger partial charge in [0.1, 0.15) is 11.9 Å². The van der Waals surface area contributed by atoms with Gasteiger partial charge in [-0.1, -0.05) is 5.16 Å². The largest absolute Gasteiger partial charge is 0.470 e. The van der Waals surface area contributed by atoms with Crippen molar-refractivity contribution < 1.29 is 14.1 Å². The van der Waals surface area contributed by atoms with Crippen LogP contribution in [0.25, 0.3) is 0 Å². The highest BCUT2D eigenvalue weighted by Crippen LogP contribution is 2.24. The first-order valence-electron chi connectivity index (χ1n) is 9.30. The van der Waals surface area contributed by atoms with Crippen LogP contribution in [-0.4, -0.2) is 59.2 Å². The average molecular weight is 373 g/mol. The van der Waals surface area contributed by atoms with E-state index in [0.29, 0.717) is 31.1 Å². The van der Waals surface area contributed by atoms with Gasteiger partial charge < -0.3 is 19.1 Å². The highest BCUT2D eigenvalue weighted by molar-refractivity contribution is 5.76. The third kappa shape index (κ3) is 4.56. The third-order valence-electron chi connectivity index (χ3n) is 4.85. The molecule has 0 aromatic carbocycles. The lowest BCUT2D eigenvalue weighted by molar-refractivity contribution is -0.133. The van der Waals surface area contributed by atoms with Gasteiger partial charge in [0.2, 0.25) is 5.91 Å². The minimum Gasteiger partial charge on any atom is -0.470 e. The Labute approximate surface area is 159 Å². The molecule has 8 heteroatoms. The van der Waals surface area contributed by atoms with E-state index in [-0.39, 0.29) is 12.0 Å². The Hall–Kier alpha value is -2.64. The van der Waals surface area contributed by atoms with Gasteiger partial charge in [0.05, 0.1) is 12.2 Å². The molecule has 0 N–H and O–H groups in total. The topological polar surface area (TPSA) is 84.6 Å². The Balaban J connectivity index is 1.58. The number of aryl methyl sites for hydroxylation is 2. The van der Waals surface area contributed by atoms with E-state index < -0.39 is 0 Å². The molecule has 27 heavy (non-hydrogen) atoms. The van der Waals surface area contributed by atoms with Crippen LogP contribution in [0, 0.1) is 13.8 Å². The zero-order valence-corrected chi connectivity index (χ0v) is 16.4. The average Bonchev–Trinajstić information content (AvgIpc) is 2.98. The molecule has 1 aliphatic heterocycles. The number of hydrogen-bond acceptors (Lipinski definition) is 7. The Bertz CT molecular complexity index is 770. The molecule has 3 rings (SSSR count). The number of hydrogen-bond donors (Lipinski definition) is 0. The molecule has 146 valence electrons. The summed E-state index contributed by atoms with van der Waals surface area (Å²) < 4.78 is 11.3. The SMILES string of the molecule is Cc1noc(C)c1CCC(=O)N1CCC[C@H](Oc2nccnc2N(C)C)C1. The summed E-state index contributed by atoms with van der Waals surface area (Å²) in [6.45, 7) is 5.13. The molecule has 0 bridgehead atoms. The molecule has 8 nitrogen and oxygen atoms in total. The molecule has 1 atom stereocenters. The minimum absolute atomic E-state index is 0.0721. The lowest BCUT2D eigenvalue weighted by atomic mass is 10.1. The molecule has 2 aromatic rings. The van der Waals surface area contributed by atoms with Gasteiger partial charge >= 0.3 is 0 Å². The lowest BCUT2D eigenvalue weighted by Gasteiger charge is -2.33. The third-order valence-corrected chi connectivity index (χ3v) is 4.85. The molecule has 0 spiro atoms. The molecule has 1 fully saturated rings. The van der Waals surface area contributed by atoms with Crippen LogP contribution >= 0.6 is 0 Å². The van der Waals surface area contributed by atoms with Crippen LogP contribution in [0.5, 0.6) is 5.88 Å². The zero-order valence-electron chi connectivity index (χ0n) is 16.4. The Morgan fingerprint density at radius 1 is 1.33 bits per heavy atom. The quantitative estimate of drug-likeness (QED) is 0.767. The number of carbonyl (C=O) groups excluding carboxylic acids is 1. The second-order valence-electron chi connectivity index (χ2n) is 7.10. The van der Waals surface area contributed by atoms with Gasteiger partial charge in [-0.05, 0) is 33.1 Å². The van der Waals surface area contributed by atoms with E-state index in [2.05, 4.69) is 15.1 Å². The summed E-state index contributed by atoms with van der Waals surface area (Å²) >= 11 is 0. The fourth-order valence-corrected chi connectivity index (χ4v) is 3.38. The van der Waals surface area contributed by atoms with E-state index in [1.165, 1.54) is 0 Å². The standard InChI is InChI=1S/C19H27N5O3/c1-13-16(14(2)27-22-13)7-8-17(25)24-11-5-6-15(12-24)26-19-18(23(3)4)20-9-10-21-19/h9-10,15H,5-8,11-12H2,1-4H3/t15-/m0/s1. The summed E-state index contributed by atoms with van der Waals surface area (Å²) in [6.07, 6.45) is 6.11. The van der Waals surface area contributed by atoms with Crippen LogP contribution in [-0.2, 0) is 11.2 Å². The van der Waals surface area contributed by atoms with Crippen molar-refractivity contribution >= 4 is 11.7 Å². The number of carbonyl (C=O) groups is 1. The molecule has 0 aliphatic carbocycles. The summed E-state index contributed by atoms with van der Waals surface area (Å²) in [7, 11) is 3.81. The van der Waals surface area contributed by atoms with Crippen molar-refractivity contribution in [3.63, 3.8) is 0 Å². The van der Waals surface area contributed by atoms with Crippen molar-refractivity contribution in [1.82, 2.24) is 20.0 Å². The monoisotopic (exact) mass is 373 g/mol. The fourth-order valence-electron chi connectivity index (χ4n) is 3.38. The molecule has 3 heterocycles. The first kappa shape index (κ1) is 19.1. The molecule has 0 unspecified atom stereocenters. The van der Waals surface area contributed by atoms with Crippen LogP contribution in [0.15, 0.2) is 16.9 Å². The van der Waals surface area contributed by atoms with E-state index in [1.54, 1.807) is 12.4 Å². The molecule has 1 aliphatic rings. The molecular formula is C19H27N5O3. The van der Waals surface area contributed by atoms with Crippen molar-refractivity contribution in [1.29, 1.82) is 0 Å². The van der Waals surface area contributed by atoms with Gasteiger partial charge in [-0.3, -0.25) is 4.79 Å². The number of likely N-dealkylation sites (tertiary alicyclic amines) is 1. The Kier molecular flexibility index (Phi) is 5.93. The maximum atomic E-state index is 12.7. The van der Waals surface area contributed by atoms with Gasteiger partial charge in [0.25, 0.3) is 5.88 Å². The predicted molar refractivity (Wildman–Crippen MR) is 101 cm³/mol. The van der Waals surface area contributed by atoms with Gasteiger partial charge in [0, 0.05) is 45.0 Å². The van der Waals surface area contributed by atoms with E-state index in [0.717, 1.165) is 36.4 Å². The normalized spacial score (nSPS) is 17.0. The van der Waals surface area contributed by atoms with Crippen molar-refractivity contribution in [3.05, 3.63) is 29.4 Å². The van der Waals surface area contributed by atoms with Crippen molar-refractivity contribution in [2.24, 2.45) is 0 Å². The minimum atomic E-state index is -0.0721. The summed E-state index contributed by atoms with van der Waals surface area (Å²) in [4.78, 5) is 25.1. The summed E-state index contributed by atoms with van der Waals surface area (Å²) in [5.41, 5.74) is 1.89. The van der Waals surface area contributed by atoms with E-state index >= 15 is 0 Å². The van der Waals surface area contributed by atoms with Crippen LogP contribution in [0.2, 0.25) is 0 Å². The summed E-state index contributed by atoms with van der Waals surface area (Å²) in [6, 6.07) is 0. The molecule has 0 radical (unpaired) electrons. The highest BCUT2D eigenvalue weighted by atomic mass is 16.5. The second kappa shape index (κ2) is 8.37. The highest BCUT2D eigenvalue weighted by Gasteiger charge is 2.26. The van der Waals surface area contributed by atoms with Gasteiger partial charge in [0.15, 0.2) is 5.82 Å². The molecule has 2 aromatic heterocycles. The number of ether oxygens (including phenoxy) is 1. The smallest absolute Gasteiger partial charge is 0.257 e. The van der Waals surface area contributed by atoms with Crippen molar-refractivity contribution in [3.8, 4) is 5.88 Å². The molecular weight excluding hydrogens is 346 g/mol. The Morgan fingerprint density at radius 3 is 2.81 bits per heavy atom. The molecule has 0 saturated carbocycles. The fraction of sp³-hybridized carbons (Fsp3) is 0.579. The number of nitrogens with zero attached hydrogens (tertiary/aromatic N) is 5. The number of amides is 1. The number of anilines is 1. The second-order valence-corrected chi connectivity index (χ2v) is 7.10. The van der Waals surface area contributed by atoms with E-state index in [1.807, 2.05) is 37.7 Å². The maximum absolute atomic E-state index is 12.7. The van der Waals surface area contributed by atoms with Gasteiger partial charge in [-0.2, -0.15) is 0 Å². The zero-order chi connectivity index (χ0) is 19.4. The van der Waals surface area contributed by atoms with E-state index in [4.69, 9.17) is 9.26 Å². The van der Waals surface area contributed by atoms with Crippen molar-refractivity contribution in [2.45, 2.75) is 45.6 Å². The summed E-state index contributed by atoms with van der Waals surface area (Å²) in [5, 5.41) is 3.95. The van der Waals surface area contributed by atoms with Crippen LogP contribution in [0.1, 0.15) is 36.3 Å². The van der Waals surface area contributed by atoms with Gasteiger partial charge in [-0.15, -0.1) is 0 Å². The Morgan fingerprint density at radius 2 is 2.11 bits per heavy atom. The molecule has 1 amide bonds. The summed E-state index contributed by atoms with van der Waals surface area (Å²) in [5.74, 6) is 2.13. The maximum Gasteiger partial charge on any atom is 0.257 e. The lowest BCUT2D eigenvalue weighted by Crippen LogP contribution is -2.44. The van der Waals surface area contributed by atoms with Gasteiger partial charge in [-0.25, -0.2) is 9.97 Å². The first-order chi connectivity index (χ1) is 13.0. The van der Waals surface area contributed by atoms with Crippen molar-refractivity contribution in [2.75, 3.05) is 32.1 Å². The number of aromatic nitrogens is 3. The van der Waals surface area contributed by atoms with Crippen LogP contribution in [0.4, 0.5) is 5.82 Å². The predicted octanol–water partition coefficient (Wildman–Crippen LogP) is 2.15. The molecule has 1 saturated heterocycles. The van der Waals surface area contributed by atoms with Crippen LogP contribution in [0.3, 0.4) is 0 Å². The first-order valence-corrected chi connectivity index (χ1v) is 9.30. The van der Waals surface area contributed by atoms with E-state index in [9.17, 15) is 4.79 Å². The van der Waals surface area contributed by atoms with Crippen LogP contribution < -0.4 is 9.64 Å². The number of piperidine rings is 1. The number of rotatable bonds is 6.